The number of para-hydroxylation sites is 2. The molecule has 0 atom stereocenters. The monoisotopic (exact) mass is 383 g/mol. The molecule has 140 valence electrons. The van der Waals surface area contributed by atoms with E-state index in [0.717, 1.165) is 12.1 Å². The quantitative estimate of drug-likeness (QED) is 0.572. The van der Waals surface area contributed by atoms with Gasteiger partial charge in [0.15, 0.2) is 0 Å². The van der Waals surface area contributed by atoms with Crippen molar-refractivity contribution in [3.63, 3.8) is 0 Å². The van der Waals surface area contributed by atoms with E-state index in [-0.39, 0.29) is 11.7 Å². The van der Waals surface area contributed by atoms with Crippen molar-refractivity contribution in [2.45, 2.75) is 18.5 Å². The van der Waals surface area contributed by atoms with Crippen LogP contribution >= 0.6 is 11.8 Å². The number of ether oxygens (including phenoxy) is 1. The highest BCUT2D eigenvalue weighted by Gasteiger charge is 2.14. The molecule has 0 spiro atoms. The molecule has 0 radical (unpaired) electrons. The first kappa shape index (κ1) is 18.9. The Labute approximate surface area is 162 Å². The first-order valence-electron chi connectivity index (χ1n) is 8.72. The minimum Gasteiger partial charge on any atom is -0.492 e. The van der Waals surface area contributed by atoms with Gasteiger partial charge in [0.2, 0.25) is 11.1 Å². The predicted molar refractivity (Wildman–Crippen MR) is 104 cm³/mol. The molecule has 0 fully saturated rings. The maximum atomic E-state index is 12.1. The molecule has 0 saturated carbocycles. The highest BCUT2D eigenvalue weighted by atomic mass is 32.2. The summed E-state index contributed by atoms with van der Waals surface area (Å²) in [5, 5.41) is 15.3. The third-order valence-corrected chi connectivity index (χ3v) is 4.66. The van der Waals surface area contributed by atoms with Crippen molar-refractivity contribution in [2.24, 2.45) is 0 Å². The van der Waals surface area contributed by atoms with Crippen molar-refractivity contribution in [1.29, 1.82) is 0 Å². The van der Waals surface area contributed by atoms with Crippen molar-refractivity contribution >= 4 is 17.7 Å². The number of carbonyl (C=O) groups excluding carboxylic acids is 1. The minimum atomic E-state index is -0.0522. The van der Waals surface area contributed by atoms with E-state index in [1.54, 1.807) is 4.68 Å². The van der Waals surface area contributed by atoms with E-state index in [2.05, 4.69) is 20.8 Å². The fourth-order valence-corrected chi connectivity index (χ4v) is 3.22. The molecule has 1 aromatic heterocycles. The molecule has 8 heteroatoms. The Balaban J connectivity index is 1.55. The maximum absolute atomic E-state index is 12.1. The van der Waals surface area contributed by atoms with Gasteiger partial charge in [-0.15, -0.1) is 5.10 Å². The van der Waals surface area contributed by atoms with Gasteiger partial charge in [-0.3, -0.25) is 4.79 Å². The van der Waals surface area contributed by atoms with Gasteiger partial charge in [-0.25, -0.2) is 0 Å². The zero-order chi connectivity index (χ0) is 18.9. The Morgan fingerprint density at radius 3 is 2.74 bits per heavy atom. The van der Waals surface area contributed by atoms with Crippen molar-refractivity contribution in [3.8, 4) is 11.4 Å². The summed E-state index contributed by atoms with van der Waals surface area (Å²) in [4.78, 5) is 12.1. The molecule has 7 nitrogen and oxygen atoms in total. The highest BCUT2D eigenvalue weighted by molar-refractivity contribution is 7.99. The lowest BCUT2D eigenvalue weighted by Gasteiger charge is -2.10. The maximum Gasteiger partial charge on any atom is 0.230 e. The average molecular weight is 383 g/mol. The Morgan fingerprint density at radius 2 is 1.93 bits per heavy atom. The van der Waals surface area contributed by atoms with Gasteiger partial charge in [0.25, 0.3) is 0 Å². The van der Waals surface area contributed by atoms with E-state index in [0.29, 0.717) is 24.1 Å². The van der Waals surface area contributed by atoms with Gasteiger partial charge in [0.05, 0.1) is 12.4 Å². The van der Waals surface area contributed by atoms with Crippen molar-refractivity contribution in [1.82, 2.24) is 25.5 Å². The summed E-state index contributed by atoms with van der Waals surface area (Å²) in [6.45, 7) is 3.07. The first-order valence-corrected chi connectivity index (χ1v) is 9.70. The van der Waals surface area contributed by atoms with Crippen LogP contribution in [0.2, 0.25) is 0 Å². The van der Waals surface area contributed by atoms with E-state index in [4.69, 9.17) is 4.74 Å². The van der Waals surface area contributed by atoms with E-state index in [1.807, 2.05) is 61.5 Å². The lowest BCUT2D eigenvalue weighted by molar-refractivity contribution is -0.118. The van der Waals surface area contributed by atoms with E-state index >= 15 is 0 Å². The first-order chi connectivity index (χ1) is 13.3. The summed E-state index contributed by atoms with van der Waals surface area (Å²) in [7, 11) is 0. The summed E-state index contributed by atoms with van der Waals surface area (Å²) < 4.78 is 7.22. The van der Waals surface area contributed by atoms with E-state index in [9.17, 15) is 4.79 Å². The largest absolute Gasteiger partial charge is 0.492 e. The molecular formula is C19H21N5O2S. The van der Waals surface area contributed by atoms with Gasteiger partial charge < -0.3 is 10.1 Å². The molecule has 0 aliphatic carbocycles. The van der Waals surface area contributed by atoms with Gasteiger partial charge in [0.1, 0.15) is 11.4 Å². The van der Waals surface area contributed by atoms with Crippen molar-refractivity contribution < 1.29 is 9.53 Å². The van der Waals surface area contributed by atoms with Crippen LogP contribution < -0.4 is 10.1 Å². The van der Waals surface area contributed by atoms with Crippen LogP contribution in [0, 0.1) is 0 Å². The number of tetrazole rings is 1. The number of hydrogen-bond acceptors (Lipinski definition) is 6. The zero-order valence-corrected chi connectivity index (χ0v) is 15.9. The summed E-state index contributed by atoms with van der Waals surface area (Å²) in [5.41, 5.74) is 1.94. The topological polar surface area (TPSA) is 81.9 Å². The molecule has 1 amide bonds. The molecule has 27 heavy (non-hydrogen) atoms. The Morgan fingerprint density at radius 1 is 1.15 bits per heavy atom. The predicted octanol–water partition coefficient (Wildman–Crippen LogP) is 2.51. The van der Waals surface area contributed by atoms with Crippen LogP contribution in [-0.2, 0) is 11.2 Å². The Bertz CT molecular complexity index is 869. The average Bonchev–Trinajstić information content (AvgIpc) is 3.16. The summed E-state index contributed by atoms with van der Waals surface area (Å²) in [5.74, 6) is 0.886. The summed E-state index contributed by atoms with van der Waals surface area (Å²) in [6.07, 6.45) is 0.802. The second kappa shape index (κ2) is 9.72. The second-order valence-electron chi connectivity index (χ2n) is 5.65. The van der Waals surface area contributed by atoms with Crippen LogP contribution in [0.3, 0.4) is 0 Å². The number of aromatic nitrogens is 4. The molecule has 2 aromatic carbocycles. The number of hydrogen-bond donors (Lipinski definition) is 1. The van der Waals surface area contributed by atoms with Gasteiger partial charge in [-0.05, 0) is 41.5 Å². The number of thioether (sulfide) groups is 1. The number of rotatable bonds is 9. The third-order valence-electron chi connectivity index (χ3n) is 3.75. The molecule has 1 heterocycles. The van der Waals surface area contributed by atoms with Crippen LogP contribution in [0.5, 0.6) is 5.75 Å². The number of benzene rings is 2. The third kappa shape index (κ3) is 5.30. The molecular weight excluding hydrogens is 362 g/mol. The number of nitrogens with zero attached hydrogens (tertiary/aromatic N) is 4. The Hall–Kier alpha value is -2.87. The lowest BCUT2D eigenvalue weighted by atomic mass is 10.1. The van der Waals surface area contributed by atoms with Gasteiger partial charge >= 0.3 is 0 Å². The van der Waals surface area contributed by atoms with Crippen LogP contribution in [0.4, 0.5) is 0 Å². The molecule has 0 bridgehead atoms. The van der Waals surface area contributed by atoms with Gasteiger partial charge in [-0.2, -0.15) is 4.68 Å². The number of nitrogens with one attached hydrogen (secondary N) is 1. The normalized spacial score (nSPS) is 10.6. The molecule has 3 rings (SSSR count). The molecule has 0 unspecified atom stereocenters. The molecule has 0 aliphatic rings. The molecule has 1 N–H and O–H groups in total. The lowest BCUT2D eigenvalue weighted by Crippen LogP contribution is -2.27. The number of amides is 1. The highest BCUT2D eigenvalue weighted by Crippen LogP contribution is 2.25. The van der Waals surface area contributed by atoms with Crippen LogP contribution in [-0.4, -0.2) is 45.0 Å². The van der Waals surface area contributed by atoms with Gasteiger partial charge in [-0.1, -0.05) is 54.2 Å². The van der Waals surface area contributed by atoms with Crippen LogP contribution in [0.1, 0.15) is 12.5 Å². The Kier molecular flexibility index (Phi) is 6.81. The minimum absolute atomic E-state index is 0.0522. The standard InChI is InChI=1S/C19H21N5O2S/c1-2-26-17-11-7-6-10-16(17)24-19(21-22-23-24)27-14-18(25)20-13-12-15-8-4-3-5-9-15/h3-11H,2,12-14H2,1H3,(H,20,25). The fraction of sp³-hybridized carbons (Fsp3) is 0.263. The molecule has 3 aromatic rings. The van der Waals surface area contributed by atoms with E-state index < -0.39 is 0 Å². The van der Waals surface area contributed by atoms with Crippen LogP contribution in [0.25, 0.3) is 5.69 Å². The van der Waals surface area contributed by atoms with Crippen molar-refractivity contribution in [3.05, 3.63) is 60.2 Å². The smallest absolute Gasteiger partial charge is 0.230 e. The SMILES string of the molecule is CCOc1ccccc1-n1nnnc1SCC(=O)NCCc1ccccc1. The number of carbonyl (C=O) groups is 1. The van der Waals surface area contributed by atoms with Crippen LogP contribution in [0.15, 0.2) is 59.8 Å². The summed E-state index contributed by atoms with van der Waals surface area (Å²) in [6, 6.07) is 17.6. The fourth-order valence-electron chi connectivity index (χ4n) is 2.50. The van der Waals surface area contributed by atoms with Gasteiger partial charge in [0, 0.05) is 6.54 Å². The van der Waals surface area contributed by atoms with E-state index in [1.165, 1.54) is 17.3 Å². The second-order valence-corrected chi connectivity index (χ2v) is 6.59. The molecule has 0 saturated heterocycles. The molecule has 0 aliphatic heterocycles. The summed E-state index contributed by atoms with van der Waals surface area (Å²) >= 11 is 1.29. The zero-order valence-electron chi connectivity index (χ0n) is 15.0. The van der Waals surface area contributed by atoms with Crippen molar-refractivity contribution in [2.75, 3.05) is 18.9 Å².